The van der Waals surface area contributed by atoms with Gasteiger partial charge in [-0.1, -0.05) is 42.2 Å². The maximum Gasteiger partial charge on any atom is 0.266 e. The van der Waals surface area contributed by atoms with Gasteiger partial charge in [0.15, 0.2) is 0 Å². The van der Waals surface area contributed by atoms with Crippen LogP contribution in [0.2, 0.25) is 0 Å². The Morgan fingerprint density at radius 3 is 2.38 bits per heavy atom. The van der Waals surface area contributed by atoms with Crippen LogP contribution in [-0.4, -0.2) is 42.0 Å². The Morgan fingerprint density at radius 1 is 1.03 bits per heavy atom. The van der Waals surface area contributed by atoms with Crippen molar-refractivity contribution in [2.75, 3.05) is 26.9 Å². The van der Waals surface area contributed by atoms with Gasteiger partial charge in [-0.25, -0.2) is 0 Å². The Bertz CT molecular complexity index is 896. The molecule has 0 aliphatic carbocycles. The first kappa shape index (κ1) is 21.2. The molecule has 3 rings (SSSR count). The second kappa shape index (κ2) is 10.3. The monoisotopic (exact) mass is 429 g/mol. The molecule has 1 fully saturated rings. The van der Waals surface area contributed by atoms with Crippen LogP contribution in [-0.2, 0) is 4.79 Å². The minimum absolute atomic E-state index is 0.0288. The number of nitrogens with zero attached hydrogens (tertiary/aromatic N) is 1. The topological polar surface area (TPSA) is 48.0 Å². The first-order valence-electron chi connectivity index (χ1n) is 9.36. The highest BCUT2D eigenvalue weighted by molar-refractivity contribution is 8.26. The summed E-state index contributed by atoms with van der Waals surface area (Å²) in [6.45, 7) is 3.63. The molecule has 2 aromatic carbocycles. The number of amides is 1. The van der Waals surface area contributed by atoms with Gasteiger partial charge in [0, 0.05) is 19.0 Å². The van der Waals surface area contributed by atoms with E-state index >= 15 is 0 Å². The van der Waals surface area contributed by atoms with Crippen molar-refractivity contribution in [1.29, 1.82) is 0 Å². The van der Waals surface area contributed by atoms with Crippen LogP contribution in [0.5, 0.6) is 17.2 Å². The lowest BCUT2D eigenvalue weighted by Crippen LogP contribution is -2.27. The highest BCUT2D eigenvalue weighted by Crippen LogP contribution is 2.32. The Kier molecular flexibility index (Phi) is 7.55. The van der Waals surface area contributed by atoms with Gasteiger partial charge in [0.25, 0.3) is 5.91 Å². The summed E-state index contributed by atoms with van der Waals surface area (Å²) >= 11 is 6.58. The van der Waals surface area contributed by atoms with Crippen molar-refractivity contribution in [3.63, 3.8) is 0 Å². The highest BCUT2D eigenvalue weighted by atomic mass is 32.2. The molecule has 1 aliphatic heterocycles. The molecule has 5 nitrogen and oxygen atoms in total. The second-order valence-corrected chi connectivity index (χ2v) is 7.90. The summed E-state index contributed by atoms with van der Waals surface area (Å²) in [5, 5.41) is 0. The fourth-order valence-corrected chi connectivity index (χ4v) is 4.10. The molecule has 0 unspecified atom stereocenters. The third-order valence-corrected chi connectivity index (χ3v) is 5.61. The largest absolute Gasteiger partial charge is 0.497 e. The lowest BCUT2D eigenvalue weighted by atomic mass is 10.2. The zero-order chi connectivity index (χ0) is 20.6. The van der Waals surface area contributed by atoms with Crippen LogP contribution in [0.25, 0.3) is 6.08 Å². The van der Waals surface area contributed by atoms with Gasteiger partial charge in [0.2, 0.25) is 0 Å². The van der Waals surface area contributed by atoms with E-state index in [1.165, 1.54) is 11.8 Å². The standard InChI is InChI=1S/C22H23NO4S2/c1-3-23-21(24)20(29-22(23)28)14-16-8-10-17(11-9-16)26-12-5-13-27-19-7-4-6-18(15-19)25-2/h4,6-11,14-15H,3,5,12-13H2,1-2H3. The molecule has 0 radical (unpaired) electrons. The zero-order valence-electron chi connectivity index (χ0n) is 16.4. The number of likely N-dealkylation sites (N-methyl/N-ethyl adjacent to an activating group) is 1. The van der Waals surface area contributed by atoms with E-state index in [-0.39, 0.29) is 5.91 Å². The van der Waals surface area contributed by atoms with E-state index in [9.17, 15) is 4.79 Å². The number of carbonyl (C=O) groups excluding carboxylic acids is 1. The fraction of sp³-hybridized carbons (Fsp3) is 0.273. The summed E-state index contributed by atoms with van der Waals surface area (Å²) in [7, 11) is 1.63. The summed E-state index contributed by atoms with van der Waals surface area (Å²) in [6, 6.07) is 15.2. The van der Waals surface area contributed by atoms with Gasteiger partial charge in [0.05, 0.1) is 25.2 Å². The van der Waals surface area contributed by atoms with Crippen molar-refractivity contribution < 1.29 is 19.0 Å². The molecule has 0 aromatic heterocycles. The number of rotatable bonds is 9. The van der Waals surface area contributed by atoms with Gasteiger partial charge < -0.3 is 14.2 Å². The van der Waals surface area contributed by atoms with E-state index in [0.29, 0.717) is 29.0 Å². The van der Waals surface area contributed by atoms with Crippen LogP contribution in [0, 0.1) is 0 Å². The molecule has 7 heteroatoms. The molecule has 1 aliphatic rings. The van der Waals surface area contributed by atoms with E-state index in [1.54, 1.807) is 12.0 Å². The van der Waals surface area contributed by atoms with Crippen molar-refractivity contribution >= 4 is 40.3 Å². The van der Waals surface area contributed by atoms with Crippen LogP contribution < -0.4 is 14.2 Å². The van der Waals surface area contributed by atoms with Crippen LogP contribution >= 0.6 is 24.0 Å². The minimum Gasteiger partial charge on any atom is -0.497 e. The maximum absolute atomic E-state index is 12.3. The molecule has 1 heterocycles. The summed E-state index contributed by atoms with van der Waals surface area (Å²) in [4.78, 5) is 14.5. The quantitative estimate of drug-likeness (QED) is 0.325. The number of hydrogen-bond acceptors (Lipinski definition) is 6. The molecule has 1 amide bonds. The molecule has 29 heavy (non-hydrogen) atoms. The Balaban J connectivity index is 1.44. The maximum atomic E-state index is 12.3. The SMILES string of the molecule is CCN1C(=O)C(=Cc2ccc(OCCCOc3cccc(OC)c3)cc2)SC1=S. The number of ether oxygens (including phenoxy) is 3. The smallest absolute Gasteiger partial charge is 0.266 e. The number of thiocarbonyl (C=S) groups is 1. The number of hydrogen-bond donors (Lipinski definition) is 0. The van der Waals surface area contributed by atoms with Crippen LogP contribution in [0.3, 0.4) is 0 Å². The minimum atomic E-state index is -0.0288. The molecule has 152 valence electrons. The third kappa shape index (κ3) is 5.74. The van der Waals surface area contributed by atoms with E-state index in [2.05, 4.69) is 0 Å². The molecule has 0 spiro atoms. The third-order valence-electron chi connectivity index (χ3n) is 4.24. The van der Waals surface area contributed by atoms with Crippen molar-refractivity contribution in [3.05, 3.63) is 59.0 Å². The zero-order valence-corrected chi connectivity index (χ0v) is 18.1. The predicted octanol–water partition coefficient (Wildman–Crippen LogP) is 4.76. The highest BCUT2D eigenvalue weighted by Gasteiger charge is 2.30. The number of thioether (sulfide) groups is 1. The van der Waals surface area contributed by atoms with Gasteiger partial charge >= 0.3 is 0 Å². The molecule has 1 saturated heterocycles. The van der Waals surface area contributed by atoms with Crippen molar-refractivity contribution in [1.82, 2.24) is 4.90 Å². The molecule has 0 N–H and O–H groups in total. The average molecular weight is 430 g/mol. The molecular weight excluding hydrogens is 406 g/mol. The first-order chi connectivity index (χ1) is 14.1. The van der Waals surface area contributed by atoms with Crippen molar-refractivity contribution in [2.45, 2.75) is 13.3 Å². The Morgan fingerprint density at radius 2 is 1.72 bits per heavy atom. The second-order valence-electron chi connectivity index (χ2n) is 6.22. The van der Waals surface area contributed by atoms with E-state index in [4.69, 9.17) is 26.4 Å². The molecular formula is C22H23NO4S2. The van der Waals surface area contributed by atoms with E-state index in [0.717, 1.165) is 29.2 Å². The molecule has 0 bridgehead atoms. The number of carbonyl (C=O) groups is 1. The summed E-state index contributed by atoms with van der Waals surface area (Å²) in [6.07, 6.45) is 2.62. The summed E-state index contributed by atoms with van der Waals surface area (Å²) < 4.78 is 17.2. The van der Waals surface area contributed by atoms with Crippen LogP contribution in [0.4, 0.5) is 0 Å². The lowest BCUT2D eigenvalue weighted by Gasteiger charge is -2.09. The predicted molar refractivity (Wildman–Crippen MR) is 121 cm³/mol. The van der Waals surface area contributed by atoms with Crippen LogP contribution in [0.15, 0.2) is 53.4 Å². The van der Waals surface area contributed by atoms with Crippen LogP contribution in [0.1, 0.15) is 18.9 Å². The van der Waals surface area contributed by atoms with E-state index in [1.807, 2.05) is 61.5 Å². The van der Waals surface area contributed by atoms with Gasteiger partial charge in [-0.2, -0.15) is 0 Å². The number of methoxy groups -OCH3 is 1. The molecule has 0 saturated carbocycles. The van der Waals surface area contributed by atoms with Crippen molar-refractivity contribution in [3.8, 4) is 17.2 Å². The van der Waals surface area contributed by atoms with Gasteiger partial charge in [0.1, 0.15) is 21.6 Å². The van der Waals surface area contributed by atoms with Gasteiger partial charge in [-0.3, -0.25) is 9.69 Å². The van der Waals surface area contributed by atoms with Gasteiger partial charge in [-0.05, 0) is 42.8 Å². The molecule has 2 aromatic rings. The summed E-state index contributed by atoms with van der Waals surface area (Å²) in [5.41, 5.74) is 0.940. The first-order valence-corrected chi connectivity index (χ1v) is 10.6. The average Bonchev–Trinajstić information content (AvgIpc) is 3.01. The lowest BCUT2D eigenvalue weighted by molar-refractivity contribution is -0.121. The normalized spacial score (nSPS) is 15.1. The molecule has 0 atom stereocenters. The van der Waals surface area contributed by atoms with Crippen molar-refractivity contribution in [2.24, 2.45) is 0 Å². The fourth-order valence-electron chi connectivity index (χ4n) is 2.71. The Hall–Kier alpha value is -2.51. The van der Waals surface area contributed by atoms with E-state index < -0.39 is 0 Å². The summed E-state index contributed by atoms with van der Waals surface area (Å²) in [5.74, 6) is 2.31. The van der Waals surface area contributed by atoms with Gasteiger partial charge in [-0.15, -0.1) is 0 Å². The Labute approximate surface area is 180 Å². The number of benzene rings is 2.